The molecule has 1 fully saturated rings. The number of para-hydroxylation sites is 1. The standard InChI is InChI=1S/C22H23NO3S/c1-25-21(24)14-22(12-4-5-13-22)16-8-10-17(11-9-16)26-15-20-23-18-6-2-3-7-19(18)27-20/h2-3,6-11H,4-5,12-15H2,1H3. The zero-order chi connectivity index (χ0) is 18.7. The molecule has 0 N–H and O–H groups in total. The number of aromatic nitrogens is 1. The van der Waals surface area contributed by atoms with Crippen LogP contribution in [0, 0.1) is 0 Å². The van der Waals surface area contributed by atoms with E-state index in [1.54, 1.807) is 11.3 Å². The number of methoxy groups -OCH3 is 1. The van der Waals surface area contributed by atoms with Crippen molar-refractivity contribution in [3.8, 4) is 5.75 Å². The Bertz CT molecular complexity index is 893. The van der Waals surface area contributed by atoms with Gasteiger partial charge in [-0.25, -0.2) is 4.98 Å². The van der Waals surface area contributed by atoms with E-state index in [2.05, 4.69) is 23.2 Å². The predicted octanol–water partition coefficient (Wildman–Crippen LogP) is 5.25. The number of benzene rings is 2. The van der Waals surface area contributed by atoms with Gasteiger partial charge < -0.3 is 9.47 Å². The number of carbonyl (C=O) groups excluding carboxylic acids is 1. The van der Waals surface area contributed by atoms with E-state index >= 15 is 0 Å². The Hall–Kier alpha value is -2.40. The lowest BCUT2D eigenvalue weighted by Crippen LogP contribution is -2.26. The highest BCUT2D eigenvalue weighted by molar-refractivity contribution is 7.18. The van der Waals surface area contributed by atoms with Crippen LogP contribution < -0.4 is 4.74 Å². The van der Waals surface area contributed by atoms with E-state index in [0.29, 0.717) is 13.0 Å². The third-order valence-corrected chi connectivity index (χ3v) is 6.45. The molecule has 27 heavy (non-hydrogen) atoms. The molecule has 0 spiro atoms. The highest BCUT2D eigenvalue weighted by Gasteiger charge is 2.38. The maximum absolute atomic E-state index is 11.9. The molecule has 3 aromatic rings. The highest BCUT2D eigenvalue weighted by Crippen LogP contribution is 2.44. The Kier molecular flexibility index (Phi) is 5.12. The van der Waals surface area contributed by atoms with E-state index in [-0.39, 0.29) is 11.4 Å². The minimum Gasteiger partial charge on any atom is -0.486 e. The number of hydrogen-bond donors (Lipinski definition) is 0. The van der Waals surface area contributed by atoms with Gasteiger partial charge in [0.05, 0.1) is 23.7 Å². The molecule has 1 aliphatic rings. The molecule has 0 atom stereocenters. The van der Waals surface area contributed by atoms with Gasteiger partial charge in [0, 0.05) is 5.41 Å². The fraction of sp³-hybridized carbons (Fsp3) is 0.364. The number of fused-ring (bicyclic) bond motifs is 1. The number of hydrogen-bond acceptors (Lipinski definition) is 5. The molecule has 0 bridgehead atoms. The van der Waals surface area contributed by atoms with Gasteiger partial charge in [0.2, 0.25) is 0 Å². The molecule has 1 saturated carbocycles. The van der Waals surface area contributed by atoms with Crippen molar-refractivity contribution in [3.63, 3.8) is 0 Å². The number of rotatable bonds is 6. The first-order valence-corrected chi connectivity index (χ1v) is 10.1. The molecule has 1 aromatic heterocycles. The lowest BCUT2D eigenvalue weighted by atomic mass is 9.76. The third-order valence-electron chi connectivity index (χ3n) is 5.44. The predicted molar refractivity (Wildman–Crippen MR) is 107 cm³/mol. The van der Waals surface area contributed by atoms with Gasteiger partial charge in [0.1, 0.15) is 17.4 Å². The summed E-state index contributed by atoms with van der Waals surface area (Å²) in [4.78, 5) is 16.5. The van der Waals surface area contributed by atoms with Crippen LogP contribution >= 0.6 is 11.3 Å². The Morgan fingerprint density at radius 1 is 1.11 bits per heavy atom. The molecule has 1 heterocycles. The maximum atomic E-state index is 11.9. The van der Waals surface area contributed by atoms with Gasteiger partial charge >= 0.3 is 5.97 Å². The summed E-state index contributed by atoms with van der Waals surface area (Å²) in [5.41, 5.74) is 2.14. The quantitative estimate of drug-likeness (QED) is 0.547. The van der Waals surface area contributed by atoms with Crippen LogP contribution in [0.25, 0.3) is 10.2 Å². The van der Waals surface area contributed by atoms with Gasteiger partial charge in [-0.2, -0.15) is 0 Å². The van der Waals surface area contributed by atoms with E-state index in [0.717, 1.165) is 42.0 Å². The maximum Gasteiger partial charge on any atom is 0.306 e. The van der Waals surface area contributed by atoms with E-state index in [1.165, 1.54) is 17.4 Å². The van der Waals surface area contributed by atoms with Crippen molar-refractivity contribution in [1.29, 1.82) is 0 Å². The van der Waals surface area contributed by atoms with Crippen molar-refractivity contribution in [1.82, 2.24) is 4.98 Å². The molecule has 4 rings (SSSR count). The summed E-state index contributed by atoms with van der Waals surface area (Å²) in [7, 11) is 1.46. The van der Waals surface area contributed by atoms with Gasteiger partial charge in [-0.1, -0.05) is 37.1 Å². The number of carbonyl (C=O) groups is 1. The Balaban J connectivity index is 1.45. The van der Waals surface area contributed by atoms with Gasteiger partial charge in [-0.15, -0.1) is 11.3 Å². The van der Waals surface area contributed by atoms with Crippen LogP contribution in [0.4, 0.5) is 0 Å². The lowest BCUT2D eigenvalue weighted by molar-refractivity contribution is -0.142. The van der Waals surface area contributed by atoms with E-state index in [9.17, 15) is 4.79 Å². The summed E-state index contributed by atoms with van der Waals surface area (Å²) in [5, 5.41) is 0.971. The number of thiazole rings is 1. The van der Waals surface area contributed by atoms with Gasteiger partial charge in [0.25, 0.3) is 0 Å². The topological polar surface area (TPSA) is 48.4 Å². The molecule has 0 saturated heterocycles. The molecule has 0 aliphatic heterocycles. The van der Waals surface area contributed by atoms with E-state index in [1.807, 2.05) is 30.3 Å². The molecule has 0 amide bonds. The van der Waals surface area contributed by atoms with Crippen LogP contribution in [0.5, 0.6) is 5.75 Å². The second-order valence-electron chi connectivity index (χ2n) is 7.13. The fourth-order valence-electron chi connectivity index (χ4n) is 4.00. The Labute approximate surface area is 163 Å². The van der Waals surface area contributed by atoms with Crippen LogP contribution in [0.2, 0.25) is 0 Å². The summed E-state index contributed by atoms with van der Waals surface area (Å²) < 4.78 is 12.0. The van der Waals surface area contributed by atoms with E-state index in [4.69, 9.17) is 9.47 Å². The Morgan fingerprint density at radius 3 is 2.56 bits per heavy atom. The summed E-state index contributed by atoms with van der Waals surface area (Å²) >= 11 is 1.66. The molecule has 1 aliphatic carbocycles. The average molecular weight is 381 g/mol. The largest absolute Gasteiger partial charge is 0.486 e. The van der Waals surface area contributed by atoms with Crippen molar-refractivity contribution >= 4 is 27.5 Å². The zero-order valence-corrected chi connectivity index (χ0v) is 16.3. The average Bonchev–Trinajstić information content (AvgIpc) is 3.34. The first kappa shape index (κ1) is 18.0. The second kappa shape index (κ2) is 7.69. The lowest BCUT2D eigenvalue weighted by Gasteiger charge is -2.28. The number of nitrogens with zero attached hydrogens (tertiary/aromatic N) is 1. The molecular weight excluding hydrogens is 358 g/mol. The summed E-state index contributed by atoms with van der Waals surface area (Å²) in [5.74, 6) is 0.692. The zero-order valence-electron chi connectivity index (χ0n) is 15.4. The first-order valence-electron chi connectivity index (χ1n) is 9.33. The molecule has 0 unspecified atom stereocenters. The summed E-state index contributed by atoms with van der Waals surface area (Å²) in [6.45, 7) is 0.464. The van der Waals surface area contributed by atoms with Gasteiger partial charge in [-0.05, 0) is 42.7 Å². The fourth-order valence-corrected chi connectivity index (χ4v) is 4.88. The minimum absolute atomic E-state index is 0.0847. The molecular formula is C22H23NO3S. The van der Waals surface area contributed by atoms with Gasteiger partial charge in [0.15, 0.2) is 0 Å². The number of ether oxygens (including phenoxy) is 2. The molecule has 2 aromatic carbocycles. The van der Waals surface area contributed by atoms with Crippen molar-refractivity contribution in [2.45, 2.75) is 44.1 Å². The van der Waals surface area contributed by atoms with Crippen molar-refractivity contribution in [3.05, 3.63) is 59.1 Å². The van der Waals surface area contributed by atoms with Crippen LogP contribution in [0.15, 0.2) is 48.5 Å². The van der Waals surface area contributed by atoms with Crippen LogP contribution in [0.3, 0.4) is 0 Å². The number of esters is 1. The molecule has 0 radical (unpaired) electrons. The monoisotopic (exact) mass is 381 g/mol. The normalized spacial score (nSPS) is 15.7. The highest BCUT2D eigenvalue weighted by atomic mass is 32.1. The van der Waals surface area contributed by atoms with Crippen LogP contribution in [-0.4, -0.2) is 18.1 Å². The van der Waals surface area contributed by atoms with Crippen LogP contribution in [-0.2, 0) is 21.6 Å². The smallest absolute Gasteiger partial charge is 0.306 e. The third kappa shape index (κ3) is 3.83. The Morgan fingerprint density at radius 2 is 1.85 bits per heavy atom. The minimum atomic E-state index is -0.131. The van der Waals surface area contributed by atoms with E-state index < -0.39 is 0 Å². The second-order valence-corrected chi connectivity index (χ2v) is 8.24. The summed E-state index contributed by atoms with van der Waals surface area (Å²) in [6.07, 6.45) is 4.84. The van der Waals surface area contributed by atoms with Gasteiger partial charge in [-0.3, -0.25) is 4.79 Å². The van der Waals surface area contributed by atoms with Crippen molar-refractivity contribution in [2.24, 2.45) is 0 Å². The van der Waals surface area contributed by atoms with Crippen molar-refractivity contribution in [2.75, 3.05) is 7.11 Å². The molecule has 4 nitrogen and oxygen atoms in total. The van der Waals surface area contributed by atoms with Crippen LogP contribution in [0.1, 0.15) is 42.7 Å². The summed E-state index contributed by atoms with van der Waals surface area (Å²) in [6, 6.07) is 16.3. The SMILES string of the molecule is COC(=O)CC1(c2ccc(OCc3nc4ccccc4s3)cc2)CCCC1. The first-order chi connectivity index (χ1) is 13.2. The van der Waals surface area contributed by atoms with Crippen molar-refractivity contribution < 1.29 is 14.3 Å². The molecule has 5 heteroatoms. The molecule has 140 valence electrons.